The SMILES string of the molecule is O=C(N/N=C\c1cc(Br)c(Br)o1)c1cc2cc([N+](=O)[O-])ccc2o1. The normalized spacial score (nSPS) is 11.2. The number of halogens is 2. The molecule has 2 heterocycles. The maximum Gasteiger partial charge on any atom is 0.307 e. The van der Waals surface area contributed by atoms with Crippen LogP contribution in [0.3, 0.4) is 0 Å². The molecule has 0 saturated carbocycles. The topological polar surface area (TPSA) is 111 Å². The van der Waals surface area contributed by atoms with E-state index in [1.54, 1.807) is 6.07 Å². The Balaban J connectivity index is 1.75. The predicted molar refractivity (Wildman–Crippen MR) is 92.0 cm³/mol. The van der Waals surface area contributed by atoms with Gasteiger partial charge in [0.15, 0.2) is 10.4 Å². The van der Waals surface area contributed by atoms with Gasteiger partial charge in [-0.3, -0.25) is 14.9 Å². The first-order valence-corrected chi connectivity index (χ1v) is 7.99. The van der Waals surface area contributed by atoms with Gasteiger partial charge in [0.2, 0.25) is 0 Å². The number of hydrogen-bond donors (Lipinski definition) is 1. The van der Waals surface area contributed by atoms with E-state index in [4.69, 9.17) is 8.83 Å². The molecule has 0 aliphatic rings. The molecule has 1 N–H and O–H groups in total. The van der Waals surface area contributed by atoms with Gasteiger partial charge in [0.25, 0.3) is 5.69 Å². The van der Waals surface area contributed by atoms with Gasteiger partial charge < -0.3 is 8.83 Å². The third-order valence-electron chi connectivity index (χ3n) is 2.96. The fraction of sp³-hybridized carbons (Fsp3) is 0. The summed E-state index contributed by atoms with van der Waals surface area (Å²) in [5, 5.41) is 15.0. The minimum Gasteiger partial charge on any atom is -0.451 e. The van der Waals surface area contributed by atoms with Crippen molar-refractivity contribution in [2.75, 3.05) is 0 Å². The average Bonchev–Trinajstić information content (AvgIpc) is 3.10. The quantitative estimate of drug-likeness (QED) is 0.359. The molecular formula is C14H7Br2N3O5. The molecule has 122 valence electrons. The fourth-order valence-corrected chi connectivity index (χ4v) is 2.50. The van der Waals surface area contributed by atoms with Crippen LogP contribution in [-0.2, 0) is 0 Å². The molecule has 0 unspecified atom stereocenters. The number of furan rings is 2. The summed E-state index contributed by atoms with van der Waals surface area (Å²) in [6.07, 6.45) is 1.32. The second kappa shape index (κ2) is 6.57. The Hall–Kier alpha value is -2.46. The highest BCUT2D eigenvalue weighted by molar-refractivity contribution is 9.13. The van der Waals surface area contributed by atoms with Crippen molar-refractivity contribution >= 4 is 60.6 Å². The van der Waals surface area contributed by atoms with Crippen LogP contribution in [0.25, 0.3) is 11.0 Å². The van der Waals surface area contributed by atoms with Crippen molar-refractivity contribution in [3.63, 3.8) is 0 Å². The molecule has 3 aromatic rings. The van der Waals surface area contributed by atoms with Crippen LogP contribution in [0.5, 0.6) is 0 Å². The summed E-state index contributed by atoms with van der Waals surface area (Å²) >= 11 is 6.44. The van der Waals surface area contributed by atoms with Crippen LogP contribution < -0.4 is 5.43 Å². The smallest absolute Gasteiger partial charge is 0.307 e. The first kappa shape index (κ1) is 16.4. The second-order valence-corrected chi connectivity index (χ2v) is 6.13. The first-order chi connectivity index (χ1) is 11.4. The molecule has 0 atom stereocenters. The minimum absolute atomic E-state index is 0.00976. The van der Waals surface area contributed by atoms with Crippen LogP contribution in [0, 0.1) is 10.1 Å². The number of fused-ring (bicyclic) bond motifs is 1. The van der Waals surface area contributed by atoms with Crippen molar-refractivity contribution in [3.05, 3.63) is 61.1 Å². The van der Waals surface area contributed by atoms with Crippen molar-refractivity contribution in [2.24, 2.45) is 5.10 Å². The lowest BCUT2D eigenvalue weighted by Gasteiger charge is -1.93. The van der Waals surface area contributed by atoms with E-state index in [9.17, 15) is 14.9 Å². The van der Waals surface area contributed by atoms with E-state index in [2.05, 4.69) is 42.4 Å². The van der Waals surface area contributed by atoms with E-state index >= 15 is 0 Å². The molecule has 0 radical (unpaired) electrons. The number of nitro groups is 1. The Morgan fingerprint density at radius 2 is 2.04 bits per heavy atom. The van der Waals surface area contributed by atoms with Gasteiger partial charge >= 0.3 is 5.91 Å². The Labute approximate surface area is 150 Å². The van der Waals surface area contributed by atoms with Crippen molar-refractivity contribution in [3.8, 4) is 0 Å². The van der Waals surface area contributed by atoms with E-state index in [1.165, 1.54) is 30.5 Å². The molecule has 8 nitrogen and oxygen atoms in total. The zero-order valence-corrected chi connectivity index (χ0v) is 14.8. The number of nitro benzene ring substituents is 1. The number of carbonyl (C=O) groups excluding carboxylic acids is 1. The standard InChI is InChI=1S/C14H7Br2N3O5/c15-10-5-9(23-13(10)16)6-17-18-14(20)12-4-7-3-8(19(21)22)1-2-11(7)24-12/h1-6H,(H,18,20)/b17-6-. The average molecular weight is 457 g/mol. The zero-order chi connectivity index (χ0) is 17.3. The van der Waals surface area contributed by atoms with Gasteiger partial charge in [0.05, 0.1) is 15.6 Å². The van der Waals surface area contributed by atoms with Crippen LogP contribution >= 0.6 is 31.9 Å². The highest BCUT2D eigenvalue weighted by Crippen LogP contribution is 2.26. The zero-order valence-electron chi connectivity index (χ0n) is 11.7. The number of non-ortho nitro benzene ring substituents is 1. The second-order valence-electron chi connectivity index (χ2n) is 4.56. The monoisotopic (exact) mass is 455 g/mol. The molecule has 0 spiro atoms. The van der Waals surface area contributed by atoms with Crippen LogP contribution in [-0.4, -0.2) is 17.0 Å². The highest BCUT2D eigenvalue weighted by atomic mass is 79.9. The van der Waals surface area contributed by atoms with E-state index in [0.717, 1.165) is 0 Å². The predicted octanol–water partition coefficient (Wildman–Crippen LogP) is 4.22. The molecule has 2 aromatic heterocycles. The van der Waals surface area contributed by atoms with Crippen molar-refractivity contribution in [2.45, 2.75) is 0 Å². The molecule has 0 bridgehead atoms. The molecule has 10 heteroatoms. The van der Waals surface area contributed by atoms with Crippen LogP contribution in [0.1, 0.15) is 16.3 Å². The number of nitrogens with zero attached hydrogens (tertiary/aromatic N) is 2. The molecule has 0 aliphatic heterocycles. The molecule has 1 amide bonds. The third-order valence-corrected chi connectivity index (χ3v) is 4.67. The van der Waals surface area contributed by atoms with E-state index < -0.39 is 10.8 Å². The largest absolute Gasteiger partial charge is 0.451 e. The molecule has 0 fully saturated rings. The summed E-state index contributed by atoms with van der Waals surface area (Å²) in [5.41, 5.74) is 2.57. The van der Waals surface area contributed by atoms with E-state index in [1.807, 2.05) is 0 Å². The minimum atomic E-state index is -0.588. The lowest BCUT2D eigenvalue weighted by atomic mass is 10.2. The number of benzene rings is 1. The van der Waals surface area contributed by atoms with Gasteiger partial charge in [0, 0.05) is 23.6 Å². The number of amides is 1. The Kier molecular flexibility index (Phi) is 4.49. The summed E-state index contributed by atoms with van der Waals surface area (Å²) in [6.45, 7) is 0. The van der Waals surface area contributed by atoms with Gasteiger partial charge in [-0.2, -0.15) is 5.10 Å². The molecule has 24 heavy (non-hydrogen) atoms. The van der Waals surface area contributed by atoms with E-state index in [0.29, 0.717) is 25.9 Å². The lowest BCUT2D eigenvalue weighted by molar-refractivity contribution is -0.384. The van der Waals surface area contributed by atoms with Crippen molar-refractivity contribution < 1.29 is 18.6 Å². The van der Waals surface area contributed by atoms with Crippen LogP contribution in [0.15, 0.2) is 53.4 Å². The number of rotatable bonds is 4. The molecular weight excluding hydrogens is 450 g/mol. The van der Waals surface area contributed by atoms with Gasteiger partial charge in [-0.05, 0) is 44.0 Å². The summed E-state index contributed by atoms with van der Waals surface area (Å²) in [6, 6.07) is 7.15. The molecule has 3 rings (SSSR count). The summed E-state index contributed by atoms with van der Waals surface area (Å²) in [5.74, 6) is -0.173. The van der Waals surface area contributed by atoms with Crippen LogP contribution in [0.4, 0.5) is 5.69 Å². The lowest BCUT2D eigenvalue weighted by Crippen LogP contribution is -2.16. The van der Waals surface area contributed by atoms with Crippen molar-refractivity contribution in [1.29, 1.82) is 0 Å². The number of nitrogens with one attached hydrogen (secondary N) is 1. The van der Waals surface area contributed by atoms with E-state index in [-0.39, 0.29) is 11.4 Å². The van der Waals surface area contributed by atoms with Crippen LogP contribution in [0.2, 0.25) is 0 Å². The Bertz CT molecular complexity index is 957. The maximum atomic E-state index is 12.0. The Morgan fingerprint density at radius 3 is 2.71 bits per heavy atom. The molecule has 0 aliphatic carbocycles. The van der Waals surface area contributed by atoms with Gasteiger partial charge in [-0.25, -0.2) is 5.43 Å². The summed E-state index contributed by atoms with van der Waals surface area (Å²) in [7, 11) is 0. The van der Waals surface area contributed by atoms with Crippen molar-refractivity contribution in [1.82, 2.24) is 5.43 Å². The van der Waals surface area contributed by atoms with Gasteiger partial charge in [-0.1, -0.05) is 0 Å². The van der Waals surface area contributed by atoms with Gasteiger partial charge in [-0.15, -0.1) is 0 Å². The Morgan fingerprint density at radius 1 is 1.25 bits per heavy atom. The summed E-state index contributed by atoms with van der Waals surface area (Å²) < 4.78 is 11.8. The number of hydrogen-bond acceptors (Lipinski definition) is 6. The molecule has 1 aromatic carbocycles. The summed E-state index contributed by atoms with van der Waals surface area (Å²) in [4.78, 5) is 22.2. The maximum absolute atomic E-state index is 12.0. The fourth-order valence-electron chi connectivity index (χ4n) is 1.89. The van der Waals surface area contributed by atoms with Gasteiger partial charge in [0.1, 0.15) is 11.3 Å². The number of carbonyl (C=O) groups is 1. The highest BCUT2D eigenvalue weighted by Gasteiger charge is 2.14. The first-order valence-electron chi connectivity index (χ1n) is 6.40. The third kappa shape index (κ3) is 3.39. The number of hydrazone groups is 1. The molecule has 0 saturated heterocycles.